The molecule has 180 valence electrons. The number of carboxylic acid groups (broad SMARTS) is 1. The Morgan fingerprint density at radius 2 is 1.91 bits per heavy atom. The average molecular weight is 558 g/mol. The summed E-state index contributed by atoms with van der Waals surface area (Å²) in [6.45, 7) is -0.941. The van der Waals surface area contributed by atoms with Crippen molar-refractivity contribution in [3.05, 3.63) is 57.1 Å². The van der Waals surface area contributed by atoms with Crippen LogP contribution in [0.2, 0.25) is 0 Å². The summed E-state index contributed by atoms with van der Waals surface area (Å²) >= 11 is 2.89. The van der Waals surface area contributed by atoms with Gasteiger partial charge in [0.25, 0.3) is 0 Å². The number of rotatable bonds is 6. The number of ether oxygens (including phenoxy) is 1. The minimum absolute atomic E-state index is 0.0534. The second-order valence-electron chi connectivity index (χ2n) is 7.35. The summed E-state index contributed by atoms with van der Waals surface area (Å²) in [5.41, 5.74) is -1.01. The number of alkyl halides is 3. The Bertz CT molecular complexity index is 1200. The maximum atomic E-state index is 14.3. The Labute approximate surface area is 194 Å². The second kappa shape index (κ2) is 9.18. The smallest absolute Gasteiger partial charge is 0.416 e. The zero-order valence-corrected chi connectivity index (χ0v) is 19.3. The lowest BCUT2D eigenvalue weighted by molar-refractivity contribution is -0.139. The third-order valence-electron chi connectivity index (χ3n) is 5.23. The second-order valence-corrected chi connectivity index (χ2v) is 10.3. The monoisotopic (exact) mass is 557 g/mol. The van der Waals surface area contributed by atoms with E-state index in [1.807, 2.05) is 0 Å². The zero-order chi connectivity index (χ0) is 24.7. The third-order valence-corrected chi connectivity index (χ3v) is 7.53. The van der Waals surface area contributed by atoms with Crippen molar-refractivity contribution in [1.82, 2.24) is 4.31 Å². The number of benzene rings is 2. The highest BCUT2D eigenvalue weighted by molar-refractivity contribution is 9.10. The first-order valence-electron chi connectivity index (χ1n) is 9.44. The molecule has 33 heavy (non-hydrogen) atoms. The molecule has 0 fully saturated rings. The predicted octanol–water partition coefficient (Wildman–Crippen LogP) is 4.91. The number of fused-ring (bicyclic) bond motifs is 1. The summed E-state index contributed by atoms with van der Waals surface area (Å²) in [5.74, 6) is -4.81. The van der Waals surface area contributed by atoms with E-state index in [1.165, 1.54) is 0 Å². The van der Waals surface area contributed by atoms with E-state index in [2.05, 4.69) is 15.9 Å². The van der Waals surface area contributed by atoms with Gasteiger partial charge in [-0.15, -0.1) is 0 Å². The highest BCUT2D eigenvalue weighted by Crippen LogP contribution is 2.43. The van der Waals surface area contributed by atoms with Crippen LogP contribution in [0.15, 0.2) is 33.6 Å². The van der Waals surface area contributed by atoms with Crippen LogP contribution in [-0.2, 0) is 27.4 Å². The Morgan fingerprint density at radius 3 is 2.52 bits per heavy atom. The van der Waals surface area contributed by atoms with Crippen molar-refractivity contribution in [2.24, 2.45) is 0 Å². The molecule has 0 heterocycles. The van der Waals surface area contributed by atoms with Crippen LogP contribution in [0, 0.1) is 11.6 Å². The highest BCUT2D eigenvalue weighted by Gasteiger charge is 2.37. The fraction of sp³-hybridized carbons (Fsp3) is 0.350. The van der Waals surface area contributed by atoms with Gasteiger partial charge in [0.1, 0.15) is 0 Å². The van der Waals surface area contributed by atoms with E-state index in [4.69, 9.17) is 9.84 Å². The summed E-state index contributed by atoms with van der Waals surface area (Å²) < 4.78 is 100. The molecule has 1 aliphatic carbocycles. The van der Waals surface area contributed by atoms with Gasteiger partial charge in [0.15, 0.2) is 18.2 Å². The first-order chi connectivity index (χ1) is 15.2. The Hall–Kier alpha value is -2.25. The van der Waals surface area contributed by atoms with Gasteiger partial charge in [-0.05, 0) is 49.1 Å². The SMILES string of the molecule is CN(C1CCCc2c1cc(F)c(F)c2OCC(=O)O)S(=O)(=O)c1cc(Br)cc(C(F)(F)F)c1. The van der Waals surface area contributed by atoms with Crippen molar-refractivity contribution in [2.75, 3.05) is 13.7 Å². The number of nitrogens with zero attached hydrogens (tertiary/aromatic N) is 1. The number of sulfonamides is 1. The zero-order valence-electron chi connectivity index (χ0n) is 16.9. The molecule has 1 N–H and O–H groups in total. The van der Waals surface area contributed by atoms with E-state index < -0.39 is 62.7 Å². The van der Waals surface area contributed by atoms with Gasteiger partial charge in [-0.3, -0.25) is 0 Å². The molecule has 0 spiro atoms. The average Bonchev–Trinajstić information content (AvgIpc) is 2.72. The maximum absolute atomic E-state index is 14.3. The summed E-state index contributed by atoms with van der Waals surface area (Å²) in [5, 5.41) is 8.80. The van der Waals surface area contributed by atoms with Crippen molar-refractivity contribution in [1.29, 1.82) is 0 Å². The number of carboxylic acids is 1. The van der Waals surface area contributed by atoms with Gasteiger partial charge >= 0.3 is 12.1 Å². The Balaban J connectivity index is 2.07. The lowest BCUT2D eigenvalue weighted by Crippen LogP contribution is -2.34. The molecule has 1 unspecified atom stereocenters. The van der Waals surface area contributed by atoms with Crippen molar-refractivity contribution < 1.29 is 45.0 Å². The molecular formula is C20H17BrF5NO5S. The molecule has 13 heteroatoms. The quantitative estimate of drug-likeness (QED) is 0.510. The van der Waals surface area contributed by atoms with E-state index in [1.54, 1.807) is 0 Å². The summed E-state index contributed by atoms with van der Waals surface area (Å²) in [4.78, 5) is 10.2. The Morgan fingerprint density at radius 1 is 1.24 bits per heavy atom. The van der Waals surface area contributed by atoms with Crippen LogP contribution in [0.3, 0.4) is 0 Å². The standard InChI is InChI=1S/C20H17BrF5NO5S/c1-27(33(30,31)12-6-10(20(24,25)26)5-11(21)7-12)16-4-2-3-13-14(16)8-15(22)18(23)19(13)32-9-17(28)29/h5-8,16H,2-4,9H2,1H3,(H,28,29). The van der Waals surface area contributed by atoms with Crippen molar-refractivity contribution in [3.63, 3.8) is 0 Å². The summed E-state index contributed by atoms with van der Waals surface area (Å²) in [6.07, 6.45) is -4.13. The molecule has 0 saturated carbocycles. The van der Waals surface area contributed by atoms with E-state index >= 15 is 0 Å². The molecule has 1 aliphatic rings. The topological polar surface area (TPSA) is 83.9 Å². The van der Waals surface area contributed by atoms with E-state index in [0.717, 1.165) is 29.6 Å². The van der Waals surface area contributed by atoms with Gasteiger partial charge < -0.3 is 9.84 Å². The van der Waals surface area contributed by atoms with Gasteiger partial charge in [-0.1, -0.05) is 15.9 Å². The first-order valence-corrected chi connectivity index (χ1v) is 11.7. The van der Waals surface area contributed by atoms with Crippen LogP contribution in [0.1, 0.15) is 35.6 Å². The number of carbonyl (C=O) groups is 1. The number of halogens is 6. The minimum atomic E-state index is -4.79. The van der Waals surface area contributed by atoms with E-state index in [-0.39, 0.29) is 28.4 Å². The van der Waals surface area contributed by atoms with Gasteiger partial charge in [-0.25, -0.2) is 17.6 Å². The van der Waals surface area contributed by atoms with Crippen LogP contribution in [0.5, 0.6) is 5.75 Å². The summed E-state index contributed by atoms with van der Waals surface area (Å²) in [7, 11) is -3.37. The largest absolute Gasteiger partial charge is 0.479 e. The van der Waals surface area contributed by atoms with Crippen molar-refractivity contribution >= 4 is 31.9 Å². The van der Waals surface area contributed by atoms with Crippen molar-refractivity contribution in [3.8, 4) is 5.75 Å². The molecule has 2 aromatic carbocycles. The molecule has 0 saturated heterocycles. The van der Waals surface area contributed by atoms with Gasteiger partial charge in [0, 0.05) is 17.1 Å². The molecule has 0 bridgehead atoms. The predicted molar refractivity (Wildman–Crippen MR) is 109 cm³/mol. The summed E-state index contributed by atoms with van der Waals surface area (Å²) in [6, 6.07) is 1.99. The molecule has 1 atom stereocenters. The minimum Gasteiger partial charge on any atom is -0.479 e. The molecule has 0 radical (unpaired) electrons. The van der Waals surface area contributed by atoms with Crippen LogP contribution in [-0.4, -0.2) is 37.5 Å². The van der Waals surface area contributed by atoms with Crippen LogP contribution in [0.4, 0.5) is 22.0 Å². The fourth-order valence-electron chi connectivity index (χ4n) is 3.71. The van der Waals surface area contributed by atoms with Crippen LogP contribution >= 0.6 is 15.9 Å². The molecular weight excluding hydrogens is 541 g/mol. The molecule has 6 nitrogen and oxygen atoms in total. The number of aliphatic carboxylic acids is 1. The first kappa shape index (κ1) is 25.4. The number of hydrogen-bond acceptors (Lipinski definition) is 4. The van der Waals surface area contributed by atoms with Crippen LogP contribution in [0.25, 0.3) is 0 Å². The fourth-order valence-corrected chi connectivity index (χ4v) is 5.80. The third kappa shape index (κ3) is 5.14. The van der Waals surface area contributed by atoms with Crippen molar-refractivity contribution in [2.45, 2.75) is 36.4 Å². The lowest BCUT2D eigenvalue weighted by Gasteiger charge is -2.33. The molecule has 0 aliphatic heterocycles. The molecule has 3 rings (SSSR count). The Kier molecular flexibility index (Phi) is 7.06. The van der Waals surface area contributed by atoms with Gasteiger partial charge in [0.2, 0.25) is 15.8 Å². The molecule has 0 aromatic heterocycles. The van der Waals surface area contributed by atoms with E-state index in [9.17, 15) is 35.2 Å². The maximum Gasteiger partial charge on any atom is 0.416 e. The number of hydrogen-bond donors (Lipinski definition) is 1. The van der Waals surface area contributed by atoms with Gasteiger partial charge in [-0.2, -0.15) is 21.9 Å². The highest BCUT2D eigenvalue weighted by atomic mass is 79.9. The van der Waals surface area contributed by atoms with E-state index in [0.29, 0.717) is 12.5 Å². The molecule has 0 amide bonds. The normalized spacial score (nSPS) is 16.5. The van der Waals surface area contributed by atoms with Crippen LogP contribution < -0.4 is 4.74 Å². The molecule has 2 aromatic rings. The lowest BCUT2D eigenvalue weighted by atomic mass is 9.86. The van der Waals surface area contributed by atoms with Gasteiger partial charge in [0.05, 0.1) is 16.5 Å².